The second kappa shape index (κ2) is 8.98. The quantitative estimate of drug-likeness (QED) is 0.531. The summed E-state index contributed by atoms with van der Waals surface area (Å²) in [5.41, 5.74) is 4.18. The van der Waals surface area contributed by atoms with E-state index < -0.39 is 0 Å². The van der Waals surface area contributed by atoms with E-state index in [-0.39, 0.29) is 12.5 Å². The van der Waals surface area contributed by atoms with E-state index in [1.54, 1.807) is 11.2 Å². The first-order valence-electron chi connectivity index (χ1n) is 9.17. The summed E-state index contributed by atoms with van der Waals surface area (Å²) < 4.78 is 11.3. The van der Waals surface area contributed by atoms with Crippen LogP contribution in [0.1, 0.15) is 28.0 Å². The molecule has 1 heterocycles. The van der Waals surface area contributed by atoms with Crippen LogP contribution >= 0.6 is 11.6 Å². The SMILES string of the molecule is Cc1cc(C)c(OCC(=O)N(Cc2cccc(Cl)c2)Cc2ccco2)c(C)c1. The molecule has 0 aliphatic carbocycles. The molecule has 0 aliphatic heterocycles. The highest BCUT2D eigenvalue weighted by atomic mass is 35.5. The van der Waals surface area contributed by atoms with Crippen LogP contribution in [0.2, 0.25) is 5.02 Å². The Hall–Kier alpha value is -2.72. The van der Waals surface area contributed by atoms with Gasteiger partial charge in [-0.3, -0.25) is 4.79 Å². The average molecular weight is 398 g/mol. The van der Waals surface area contributed by atoms with Gasteiger partial charge in [0.2, 0.25) is 0 Å². The maximum Gasteiger partial charge on any atom is 0.261 e. The van der Waals surface area contributed by atoms with Crippen LogP contribution in [0.3, 0.4) is 0 Å². The van der Waals surface area contributed by atoms with Gasteiger partial charge in [0.15, 0.2) is 6.61 Å². The van der Waals surface area contributed by atoms with Gasteiger partial charge < -0.3 is 14.1 Å². The largest absolute Gasteiger partial charge is 0.483 e. The van der Waals surface area contributed by atoms with E-state index in [4.69, 9.17) is 20.8 Å². The molecule has 146 valence electrons. The second-order valence-electron chi connectivity index (χ2n) is 6.98. The van der Waals surface area contributed by atoms with Crippen molar-refractivity contribution in [1.29, 1.82) is 0 Å². The Bertz CT molecular complexity index is 927. The molecule has 3 rings (SSSR count). The highest BCUT2D eigenvalue weighted by molar-refractivity contribution is 6.30. The Kier molecular flexibility index (Phi) is 6.42. The van der Waals surface area contributed by atoms with E-state index in [2.05, 4.69) is 12.1 Å². The molecular weight excluding hydrogens is 374 g/mol. The number of benzene rings is 2. The van der Waals surface area contributed by atoms with Gasteiger partial charge in [-0.05, 0) is 61.7 Å². The number of halogens is 1. The molecule has 0 saturated heterocycles. The molecule has 0 atom stereocenters. The van der Waals surface area contributed by atoms with Gasteiger partial charge in [0.1, 0.15) is 11.5 Å². The molecule has 28 heavy (non-hydrogen) atoms. The number of hydrogen-bond acceptors (Lipinski definition) is 3. The van der Waals surface area contributed by atoms with Crippen molar-refractivity contribution in [2.45, 2.75) is 33.9 Å². The maximum absolute atomic E-state index is 12.9. The molecule has 0 spiro atoms. The Balaban J connectivity index is 1.74. The maximum atomic E-state index is 12.9. The minimum Gasteiger partial charge on any atom is -0.483 e. The van der Waals surface area contributed by atoms with Crippen LogP contribution in [0.15, 0.2) is 59.2 Å². The van der Waals surface area contributed by atoms with Crippen molar-refractivity contribution in [2.24, 2.45) is 0 Å². The first kappa shape index (κ1) is 20.0. The van der Waals surface area contributed by atoms with Crippen molar-refractivity contribution in [3.05, 3.63) is 87.8 Å². The summed E-state index contributed by atoms with van der Waals surface area (Å²) in [5, 5.41) is 0.644. The molecular formula is C23H24ClNO3. The van der Waals surface area contributed by atoms with Gasteiger partial charge in [0, 0.05) is 11.6 Å². The van der Waals surface area contributed by atoms with Gasteiger partial charge in [-0.25, -0.2) is 0 Å². The smallest absolute Gasteiger partial charge is 0.261 e. The third kappa shape index (κ3) is 5.17. The number of rotatable bonds is 7. The fourth-order valence-corrected chi connectivity index (χ4v) is 3.51. The normalized spacial score (nSPS) is 10.7. The molecule has 1 amide bonds. The summed E-state index contributed by atoms with van der Waals surface area (Å²) in [6, 6.07) is 15.3. The van der Waals surface area contributed by atoms with Crippen molar-refractivity contribution >= 4 is 17.5 Å². The highest BCUT2D eigenvalue weighted by Crippen LogP contribution is 2.25. The van der Waals surface area contributed by atoms with Crippen molar-refractivity contribution in [2.75, 3.05) is 6.61 Å². The summed E-state index contributed by atoms with van der Waals surface area (Å²) in [7, 11) is 0. The van der Waals surface area contributed by atoms with E-state index in [0.29, 0.717) is 18.1 Å². The van der Waals surface area contributed by atoms with Crippen LogP contribution in [-0.4, -0.2) is 17.4 Å². The number of amides is 1. The van der Waals surface area contributed by atoms with Gasteiger partial charge in [-0.15, -0.1) is 0 Å². The molecule has 0 bridgehead atoms. The predicted molar refractivity (Wildman–Crippen MR) is 111 cm³/mol. The van der Waals surface area contributed by atoms with Crippen molar-refractivity contribution in [1.82, 2.24) is 4.90 Å². The standard InChI is InChI=1S/C23H24ClNO3/c1-16-10-17(2)23(18(3)11-16)28-15-22(26)25(14-21-8-5-9-27-21)13-19-6-4-7-20(24)12-19/h4-12H,13-15H2,1-3H3. The van der Waals surface area contributed by atoms with E-state index in [1.165, 1.54) is 5.56 Å². The molecule has 0 fully saturated rings. The zero-order chi connectivity index (χ0) is 20.1. The topological polar surface area (TPSA) is 42.7 Å². The summed E-state index contributed by atoms with van der Waals surface area (Å²) in [5.74, 6) is 1.37. The molecule has 3 aromatic rings. The highest BCUT2D eigenvalue weighted by Gasteiger charge is 2.18. The fraction of sp³-hybridized carbons (Fsp3) is 0.261. The molecule has 0 saturated carbocycles. The Morgan fingerprint density at radius 2 is 1.79 bits per heavy atom. The minimum atomic E-state index is -0.115. The Morgan fingerprint density at radius 1 is 1.04 bits per heavy atom. The average Bonchev–Trinajstić information content (AvgIpc) is 3.13. The second-order valence-corrected chi connectivity index (χ2v) is 7.41. The van der Waals surface area contributed by atoms with Crippen LogP contribution in [0.4, 0.5) is 0 Å². The van der Waals surface area contributed by atoms with E-state index in [0.717, 1.165) is 28.2 Å². The third-order valence-corrected chi connectivity index (χ3v) is 4.72. The summed E-state index contributed by atoms with van der Waals surface area (Å²) in [6.07, 6.45) is 1.60. The van der Waals surface area contributed by atoms with Gasteiger partial charge in [-0.1, -0.05) is 41.4 Å². The Labute approximate surface area is 170 Å². The van der Waals surface area contributed by atoms with Crippen LogP contribution in [-0.2, 0) is 17.9 Å². The number of ether oxygens (including phenoxy) is 1. The number of carbonyl (C=O) groups excluding carboxylic acids is 1. The number of carbonyl (C=O) groups is 1. The van der Waals surface area contributed by atoms with Gasteiger partial charge in [-0.2, -0.15) is 0 Å². The lowest BCUT2D eigenvalue weighted by atomic mass is 10.1. The monoisotopic (exact) mass is 397 g/mol. The van der Waals surface area contributed by atoms with E-state index in [9.17, 15) is 4.79 Å². The minimum absolute atomic E-state index is 0.0357. The van der Waals surface area contributed by atoms with Crippen molar-refractivity contribution in [3.63, 3.8) is 0 Å². The lowest BCUT2D eigenvalue weighted by molar-refractivity contribution is -0.134. The molecule has 2 aromatic carbocycles. The molecule has 0 N–H and O–H groups in total. The zero-order valence-electron chi connectivity index (χ0n) is 16.4. The number of aryl methyl sites for hydroxylation is 3. The molecule has 5 heteroatoms. The summed E-state index contributed by atoms with van der Waals surface area (Å²) in [4.78, 5) is 14.7. The third-order valence-electron chi connectivity index (χ3n) is 4.49. The summed E-state index contributed by atoms with van der Waals surface area (Å²) >= 11 is 6.09. The van der Waals surface area contributed by atoms with Crippen LogP contribution in [0.5, 0.6) is 5.75 Å². The van der Waals surface area contributed by atoms with E-state index in [1.807, 2.05) is 57.2 Å². The lowest BCUT2D eigenvalue weighted by Gasteiger charge is -2.23. The number of furan rings is 1. The van der Waals surface area contributed by atoms with Gasteiger partial charge in [0.25, 0.3) is 5.91 Å². The van der Waals surface area contributed by atoms with Gasteiger partial charge in [0.05, 0.1) is 12.8 Å². The first-order valence-corrected chi connectivity index (χ1v) is 9.55. The summed E-state index contributed by atoms with van der Waals surface area (Å²) in [6.45, 7) is 6.79. The van der Waals surface area contributed by atoms with E-state index >= 15 is 0 Å². The van der Waals surface area contributed by atoms with Crippen molar-refractivity contribution < 1.29 is 13.9 Å². The fourth-order valence-electron chi connectivity index (χ4n) is 3.30. The van der Waals surface area contributed by atoms with Crippen LogP contribution in [0.25, 0.3) is 0 Å². The predicted octanol–water partition coefficient (Wildman–Crippen LogP) is 5.47. The number of nitrogens with zero attached hydrogens (tertiary/aromatic N) is 1. The van der Waals surface area contributed by atoms with Crippen LogP contribution in [0, 0.1) is 20.8 Å². The van der Waals surface area contributed by atoms with Crippen LogP contribution < -0.4 is 4.74 Å². The molecule has 0 unspecified atom stereocenters. The number of hydrogen-bond donors (Lipinski definition) is 0. The Morgan fingerprint density at radius 3 is 2.43 bits per heavy atom. The first-order chi connectivity index (χ1) is 13.4. The van der Waals surface area contributed by atoms with Crippen molar-refractivity contribution in [3.8, 4) is 5.75 Å². The zero-order valence-corrected chi connectivity index (χ0v) is 17.1. The van der Waals surface area contributed by atoms with Gasteiger partial charge >= 0.3 is 0 Å². The molecule has 4 nitrogen and oxygen atoms in total. The lowest BCUT2D eigenvalue weighted by Crippen LogP contribution is -2.34. The molecule has 1 aromatic heterocycles. The molecule has 0 radical (unpaired) electrons. The molecule has 0 aliphatic rings.